The first-order valence-electron chi connectivity index (χ1n) is 7.07. The zero-order valence-electron chi connectivity index (χ0n) is 11.0. The number of benzene rings is 1. The average molecular weight is 243 g/mol. The van der Waals surface area contributed by atoms with Crippen molar-refractivity contribution >= 4 is 5.91 Å². The van der Waals surface area contributed by atoms with Gasteiger partial charge in [0.2, 0.25) is 5.91 Å². The minimum Gasteiger partial charge on any atom is -0.353 e. The second-order valence-corrected chi connectivity index (χ2v) is 5.91. The molecule has 1 spiro atoms. The number of nitrogens with one attached hydrogen (secondary N) is 1. The van der Waals surface area contributed by atoms with Crippen molar-refractivity contribution in [2.24, 2.45) is 5.41 Å². The van der Waals surface area contributed by atoms with Gasteiger partial charge < -0.3 is 5.32 Å². The summed E-state index contributed by atoms with van der Waals surface area (Å²) in [6, 6.07) is 11.1. The Kier molecular flexibility index (Phi) is 2.89. The fraction of sp³-hybridized carbons (Fsp3) is 0.562. The fourth-order valence-corrected chi connectivity index (χ4v) is 4.07. The molecule has 1 aliphatic heterocycles. The Balaban J connectivity index is 1.98. The van der Waals surface area contributed by atoms with Gasteiger partial charge in [0, 0.05) is 17.9 Å². The molecule has 1 aromatic carbocycles. The van der Waals surface area contributed by atoms with Crippen LogP contribution in [-0.2, 0) is 4.79 Å². The lowest BCUT2D eigenvalue weighted by atomic mass is 9.60. The van der Waals surface area contributed by atoms with Gasteiger partial charge in [0.05, 0.1) is 0 Å². The predicted octanol–water partition coefficient (Wildman–Crippen LogP) is 3.24. The van der Waals surface area contributed by atoms with Gasteiger partial charge in [0.25, 0.3) is 0 Å². The lowest BCUT2D eigenvalue weighted by Gasteiger charge is -2.44. The summed E-state index contributed by atoms with van der Waals surface area (Å²) in [6.45, 7) is 2.19. The Morgan fingerprint density at radius 1 is 1.22 bits per heavy atom. The van der Waals surface area contributed by atoms with E-state index in [9.17, 15) is 4.79 Å². The summed E-state index contributed by atoms with van der Waals surface area (Å²) < 4.78 is 0. The Morgan fingerprint density at radius 3 is 2.67 bits per heavy atom. The molecule has 1 amide bonds. The molecule has 3 rings (SSSR count). The molecule has 3 atom stereocenters. The predicted molar refractivity (Wildman–Crippen MR) is 72.3 cm³/mol. The molecule has 3 unspecified atom stereocenters. The first-order chi connectivity index (χ1) is 8.72. The summed E-state index contributed by atoms with van der Waals surface area (Å²) in [6.07, 6.45) is 5.69. The van der Waals surface area contributed by atoms with Gasteiger partial charge in [-0.05, 0) is 31.2 Å². The van der Waals surface area contributed by atoms with E-state index in [0.717, 1.165) is 0 Å². The zero-order valence-corrected chi connectivity index (χ0v) is 11.0. The van der Waals surface area contributed by atoms with Gasteiger partial charge in [-0.15, -0.1) is 0 Å². The van der Waals surface area contributed by atoms with E-state index in [1.54, 1.807) is 0 Å². The van der Waals surface area contributed by atoms with E-state index in [1.165, 1.54) is 31.2 Å². The Bertz CT molecular complexity index is 442. The highest BCUT2D eigenvalue weighted by Crippen LogP contribution is 2.53. The highest BCUT2D eigenvalue weighted by molar-refractivity contribution is 5.80. The highest BCUT2D eigenvalue weighted by atomic mass is 16.2. The standard InChI is InChI=1S/C16H21NO/c1-12-16(11-15(18)17-12)10-6-5-9-14(16)13-7-3-2-4-8-13/h2-4,7-8,12,14H,5-6,9-11H2,1H3,(H,17,18). The van der Waals surface area contributed by atoms with E-state index in [4.69, 9.17) is 0 Å². The molecular weight excluding hydrogens is 222 g/mol. The minimum atomic E-state index is 0.163. The van der Waals surface area contributed by atoms with Gasteiger partial charge in [-0.1, -0.05) is 43.2 Å². The van der Waals surface area contributed by atoms with Crippen LogP contribution in [0.15, 0.2) is 30.3 Å². The van der Waals surface area contributed by atoms with Crippen molar-refractivity contribution in [1.82, 2.24) is 5.32 Å². The maximum Gasteiger partial charge on any atom is 0.220 e. The molecule has 1 saturated heterocycles. The summed E-state index contributed by atoms with van der Waals surface area (Å²) in [5.41, 5.74) is 1.58. The third kappa shape index (κ3) is 1.75. The molecule has 96 valence electrons. The van der Waals surface area contributed by atoms with Crippen LogP contribution in [0, 0.1) is 5.41 Å². The molecular formula is C16H21NO. The third-order valence-corrected chi connectivity index (χ3v) is 5.01. The first-order valence-corrected chi connectivity index (χ1v) is 7.07. The normalized spacial score (nSPS) is 35.7. The van der Waals surface area contributed by atoms with Crippen LogP contribution >= 0.6 is 0 Å². The first kappa shape index (κ1) is 11.8. The smallest absolute Gasteiger partial charge is 0.220 e. The number of amides is 1. The molecule has 0 bridgehead atoms. The quantitative estimate of drug-likeness (QED) is 0.806. The van der Waals surface area contributed by atoms with Crippen molar-refractivity contribution in [2.45, 2.75) is 51.0 Å². The maximum absolute atomic E-state index is 11.8. The second-order valence-electron chi connectivity index (χ2n) is 5.91. The third-order valence-electron chi connectivity index (χ3n) is 5.01. The van der Waals surface area contributed by atoms with Crippen molar-refractivity contribution in [3.8, 4) is 0 Å². The van der Waals surface area contributed by atoms with Gasteiger partial charge >= 0.3 is 0 Å². The topological polar surface area (TPSA) is 29.1 Å². The van der Waals surface area contributed by atoms with Crippen LogP contribution in [0.2, 0.25) is 0 Å². The largest absolute Gasteiger partial charge is 0.353 e. The SMILES string of the molecule is CC1NC(=O)CC12CCCCC2c1ccccc1. The number of hydrogen-bond donors (Lipinski definition) is 1. The molecule has 1 saturated carbocycles. The number of carbonyl (C=O) groups excluding carboxylic acids is 1. The molecule has 2 fully saturated rings. The molecule has 2 heteroatoms. The van der Waals surface area contributed by atoms with Gasteiger partial charge in [-0.25, -0.2) is 0 Å². The van der Waals surface area contributed by atoms with E-state index < -0.39 is 0 Å². The van der Waals surface area contributed by atoms with Crippen molar-refractivity contribution in [3.05, 3.63) is 35.9 Å². The summed E-state index contributed by atoms with van der Waals surface area (Å²) in [5.74, 6) is 0.784. The summed E-state index contributed by atoms with van der Waals surface area (Å²) >= 11 is 0. The lowest BCUT2D eigenvalue weighted by Crippen LogP contribution is -2.41. The number of rotatable bonds is 1. The molecule has 18 heavy (non-hydrogen) atoms. The Hall–Kier alpha value is -1.31. The molecule has 0 aromatic heterocycles. The van der Waals surface area contributed by atoms with Gasteiger partial charge in [0.15, 0.2) is 0 Å². The number of hydrogen-bond acceptors (Lipinski definition) is 1. The van der Waals surface area contributed by atoms with Gasteiger partial charge in [-0.3, -0.25) is 4.79 Å². The molecule has 1 aliphatic carbocycles. The molecule has 0 radical (unpaired) electrons. The van der Waals surface area contributed by atoms with Crippen molar-refractivity contribution in [2.75, 3.05) is 0 Å². The highest BCUT2D eigenvalue weighted by Gasteiger charge is 2.50. The Morgan fingerprint density at radius 2 is 2.00 bits per heavy atom. The van der Waals surface area contributed by atoms with Crippen molar-refractivity contribution < 1.29 is 4.79 Å². The summed E-state index contributed by atoms with van der Waals surface area (Å²) in [5, 5.41) is 3.14. The Labute approximate surface area is 109 Å². The monoisotopic (exact) mass is 243 g/mol. The van der Waals surface area contributed by atoms with Crippen molar-refractivity contribution in [3.63, 3.8) is 0 Å². The number of carbonyl (C=O) groups is 1. The van der Waals surface area contributed by atoms with Crippen LogP contribution < -0.4 is 5.32 Å². The van der Waals surface area contributed by atoms with Crippen LogP contribution in [0.1, 0.15) is 50.5 Å². The lowest BCUT2D eigenvalue weighted by molar-refractivity contribution is -0.120. The zero-order chi connectivity index (χ0) is 12.6. The van der Waals surface area contributed by atoms with E-state index in [-0.39, 0.29) is 11.3 Å². The minimum absolute atomic E-state index is 0.163. The molecule has 1 N–H and O–H groups in total. The fourth-order valence-electron chi connectivity index (χ4n) is 4.07. The van der Waals surface area contributed by atoms with Crippen molar-refractivity contribution in [1.29, 1.82) is 0 Å². The van der Waals surface area contributed by atoms with Gasteiger partial charge in [-0.2, -0.15) is 0 Å². The maximum atomic E-state index is 11.8. The molecule has 1 heterocycles. The summed E-state index contributed by atoms with van der Waals surface area (Å²) in [4.78, 5) is 11.8. The van der Waals surface area contributed by atoms with Gasteiger partial charge in [0.1, 0.15) is 0 Å². The molecule has 2 aliphatic rings. The molecule has 2 nitrogen and oxygen atoms in total. The van der Waals surface area contributed by atoms with E-state index in [0.29, 0.717) is 18.4 Å². The van der Waals surface area contributed by atoms with E-state index in [2.05, 4.69) is 42.6 Å². The van der Waals surface area contributed by atoms with Crippen LogP contribution in [0.4, 0.5) is 0 Å². The second kappa shape index (κ2) is 4.42. The van der Waals surface area contributed by atoms with Crippen LogP contribution in [0.3, 0.4) is 0 Å². The van der Waals surface area contributed by atoms with E-state index >= 15 is 0 Å². The molecule has 1 aromatic rings. The average Bonchev–Trinajstić information content (AvgIpc) is 2.66. The van der Waals surface area contributed by atoms with Crippen LogP contribution in [0.25, 0.3) is 0 Å². The van der Waals surface area contributed by atoms with E-state index in [1.807, 2.05) is 0 Å². The van der Waals surface area contributed by atoms with Crippen LogP contribution in [-0.4, -0.2) is 11.9 Å². The summed E-state index contributed by atoms with van der Waals surface area (Å²) in [7, 11) is 0. The van der Waals surface area contributed by atoms with Crippen LogP contribution in [0.5, 0.6) is 0 Å².